The van der Waals surface area contributed by atoms with Crippen molar-refractivity contribution >= 4 is 29.0 Å². The lowest BCUT2D eigenvalue weighted by Gasteiger charge is -2.37. The van der Waals surface area contributed by atoms with Gasteiger partial charge in [-0.05, 0) is 19.1 Å². The lowest BCUT2D eigenvalue weighted by atomic mass is 10.1. The van der Waals surface area contributed by atoms with Crippen molar-refractivity contribution in [3.63, 3.8) is 0 Å². The Kier molecular flexibility index (Phi) is 4.73. The molecule has 0 aromatic carbocycles. The predicted octanol–water partition coefficient (Wildman–Crippen LogP) is 1.61. The summed E-state index contributed by atoms with van der Waals surface area (Å²) >= 11 is 6.20. The number of aromatic nitrogens is 2. The topological polar surface area (TPSA) is 78.2 Å². The van der Waals surface area contributed by atoms with Gasteiger partial charge in [-0.15, -0.1) is 0 Å². The summed E-state index contributed by atoms with van der Waals surface area (Å²) in [5.74, 6) is -0.898. The number of hydrogen-bond acceptors (Lipinski definition) is 4. The average Bonchev–Trinajstić information content (AvgIpc) is 2.99. The molecule has 0 aliphatic carbocycles. The van der Waals surface area contributed by atoms with E-state index >= 15 is 0 Å². The number of rotatable bonds is 4. The number of nitrogens with zero attached hydrogens (tertiary/aromatic N) is 4. The average molecular weight is 351 g/mol. The highest BCUT2D eigenvalue weighted by Crippen LogP contribution is 2.22. The van der Waals surface area contributed by atoms with Crippen LogP contribution in [0.1, 0.15) is 23.7 Å². The molecule has 1 aliphatic heterocycles. The van der Waals surface area contributed by atoms with E-state index in [4.69, 9.17) is 16.7 Å². The summed E-state index contributed by atoms with van der Waals surface area (Å²) in [5, 5.41) is 13.6. The number of carboxylic acid groups (broad SMARTS) is 1. The van der Waals surface area contributed by atoms with E-state index in [2.05, 4.69) is 10.00 Å². The number of hydrogen-bond donors (Lipinski definition) is 1. The highest BCUT2D eigenvalue weighted by atomic mass is 35.5. The van der Waals surface area contributed by atoms with Crippen LogP contribution in [0.25, 0.3) is 5.52 Å². The molecule has 2 aromatic rings. The Morgan fingerprint density at radius 1 is 1.33 bits per heavy atom. The second kappa shape index (κ2) is 6.78. The second-order valence-electron chi connectivity index (χ2n) is 5.98. The van der Waals surface area contributed by atoms with E-state index in [-0.39, 0.29) is 18.4 Å². The number of piperazine rings is 1. The molecule has 0 radical (unpaired) electrons. The SMILES string of the molecule is CC(CC(=O)O)N1CCN(C(=O)c2cnn3cccc(Cl)c23)CC1. The Balaban J connectivity index is 1.70. The molecule has 0 bridgehead atoms. The Labute approximate surface area is 144 Å². The van der Waals surface area contributed by atoms with E-state index in [9.17, 15) is 9.59 Å². The van der Waals surface area contributed by atoms with Crippen LogP contribution in [0.3, 0.4) is 0 Å². The van der Waals surface area contributed by atoms with Crippen LogP contribution < -0.4 is 0 Å². The zero-order valence-corrected chi connectivity index (χ0v) is 14.1. The second-order valence-corrected chi connectivity index (χ2v) is 6.39. The first-order valence-corrected chi connectivity index (χ1v) is 8.22. The first-order valence-electron chi connectivity index (χ1n) is 7.84. The van der Waals surface area contributed by atoms with Gasteiger partial charge in [0.1, 0.15) is 0 Å². The van der Waals surface area contributed by atoms with Crippen molar-refractivity contribution in [3.8, 4) is 0 Å². The number of fused-ring (bicyclic) bond motifs is 1. The monoisotopic (exact) mass is 350 g/mol. The van der Waals surface area contributed by atoms with E-state index in [0.717, 1.165) is 0 Å². The zero-order chi connectivity index (χ0) is 17.3. The van der Waals surface area contributed by atoms with Crippen LogP contribution in [0.15, 0.2) is 24.5 Å². The number of halogens is 1. The lowest BCUT2D eigenvalue weighted by Crippen LogP contribution is -2.51. The maximum Gasteiger partial charge on any atom is 0.304 e. The minimum Gasteiger partial charge on any atom is -0.481 e. The summed E-state index contributed by atoms with van der Waals surface area (Å²) in [4.78, 5) is 27.5. The van der Waals surface area contributed by atoms with Gasteiger partial charge in [0.25, 0.3) is 5.91 Å². The molecule has 1 amide bonds. The maximum atomic E-state index is 12.8. The van der Waals surface area contributed by atoms with Crippen LogP contribution in [-0.4, -0.2) is 68.6 Å². The van der Waals surface area contributed by atoms with E-state index in [1.807, 2.05) is 6.92 Å². The molecule has 2 aromatic heterocycles. The molecule has 3 rings (SSSR count). The molecule has 1 N–H and O–H groups in total. The fourth-order valence-electron chi connectivity index (χ4n) is 3.08. The van der Waals surface area contributed by atoms with Crippen molar-refractivity contribution in [1.82, 2.24) is 19.4 Å². The van der Waals surface area contributed by atoms with Gasteiger partial charge in [0.15, 0.2) is 0 Å². The molecule has 7 nitrogen and oxygen atoms in total. The largest absolute Gasteiger partial charge is 0.481 e. The number of amides is 1. The van der Waals surface area contributed by atoms with Crippen LogP contribution in [0.5, 0.6) is 0 Å². The third kappa shape index (κ3) is 3.22. The van der Waals surface area contributed by atoms with Crippen LogP contribution in [-0.2, 0) is 4.79 Å². The Hall–Kier alpha value is -2.12. The van der Waals surface area contributed by atoms with Gasteiger partial charge in [-0.1, -0.05) is 11.6 Å². The van der Waals surface area contributed by atoms with E-state index < -0.39 is 5.97 Å². The molecule has 3 heterocycles. The van der Waals surface area contributed by atoms with Gasteiger partial charge < -0.3 is 10.0 Å². The van der Waals surface area contributed by atoms with Crippen LogP contribution in [0, 0.1) is 0 Å². The molecule has 24 heavy (non-hydrogen) atoms. The summed E-state index contributed by atoms with van der Waals surface area (Å²) < 4.78 is 1.60. The van der Waals surface area contributed by atoms with Crippen molar-refractivity contribution in [2.75, 3.05) is 26.2 Å². The Morgan fingerprint density at radius 2 is 2.04 bits per heavy atom. The van der Waals surface area contributed by atoms with Gasteiger partial charge in [0.2, 0.25) is 0 Å². The maximum absolute atomic E-state index is 12.8. The molecule has 1 unspecified atom stereocenters. The van der Waals surface area contributed by atoms with Crippen LogP contribution >= 0.6 is 11.6 Å². The minimum atomic E-state index is -0.804. The van der Waals surface area contributed by atoms with Crippen molar-refractivity contribution < 1.29 is 14.7 Å². The molecule has 1 atom stereocenters. The summed E-state index contributed by atoms with van der Waals surface area (Å²) in [6.45, 7) is 4.34. The smallest absolute Gasteiger partial charge is 0.304 e. The standard InChI is InChI=1S/C16H19ClN4O3/c1-11(9-14(22)23)19-5-7-20(8-6-19)16(24)12-10-18-21-4-2-3-13(17)15(12)21/h2-4,10-11H,5-9H2,1H3,(H,22,23). The molecule has 1 saturated heterocycles. The Morgan fingerprint density at radius 3 is 2.71 bits per heavy atom. The summed E-state index contributed by atoms with van der Waals surface area (Å²) in [7, 11) is 0. The molecule has 1 aliphatic rings. The molecule has 0 spiro atoms. The van der Waals surface area contributed by atoms with E-state index in [1.54, 1.807) is 33.9 Å². The third-order valence-corrected chi connectivity index (χ3v) is 4.72. The van der Waals surface area contributed by atoms with Gasteiger partial charge >= 0.3 is 5.97 Å². The first-order chi connectivity index (χ1) is 11.5. The molecule has 8 heteroatoms. The fraction of sp³-hybridized carbons (Fsp3) is 0.438. The Bertz CT molecular complexity index is 768. The highest BCUT2D eigenvalue weighted by molar-refractivity contribution is 6.34. The highest BCUT2D eigenvalue weighted by Gasteiger charge is 2.27. The predicted molar refractivity (Wildman–Crippen MR) is 89.4 cm³/mol. The summed E-state index contributed by atoms with van der Waals surface area (Å²) in [6, 6.07) is 3.48. The van der Waals surface area contributed by atoms with Crippen molar-refractivity contribution in [1.29, 1.82) is 0 Å². The zero-order valence-electron chi connectivity index (χ0n) is 13.4. The number of carbonyl (C=O) groups is 2. The van der Waals surface area contributed by atoms with Gasteiger partial charge in [-0.3, -0.25) is 14.5 Å². The molecular formula is C16H19ClN4O3. The number of carboxylic acids is 1. The van der Waals surface area contributed by atoms with Gasteiger partial charge in [-0.2, -0.15) is 5.10 Å². The van der Waals surface area contributed by atoms with Crippen LogP contribution in [0.4, 0.5) is 0 Å². The number of aliphatic carboxylic acids is 1. The van der Waals surface area contributed by atoms with Crippen molar-refractivity contribution in [2.24, 2.45) is 0 Å². The summed E-state index contributed by atoms with van der Waals surface area (Å²) in [5.41, 5.74) is 1.11. The summed E-state index contributed by atoms with van der Waals surface area (Å²) in [6.07, 6.45) is 3.41. The van der Waals surface area contributed by atoms with Crippen LogP contribution in [0.2, 0.25) is 5.02 Å². The molecule has 128 valence electrons. The lowest BCUT2D eigenvalue weighted by molar-refractivity contribution is -0.138. The van der Waals surface area contributed by atoms with Crippen molar-refractivity contribution in [2.45, 2.75) is 19.4 Å². The van der Waals surface area contributed by atoms with Gasteiger partial charge in [0.05, 0.1) is 28.7 Å². The van der Waals surface area contributed by atoms with Gasteiger partial charge in [0, 0.05) is 38.4 Å². The molecule has 1 fully saturated rings. The fourth-order valence-corrected chi connectivity index (χ4v) is 3.34. The minimum absolute atomic E-state index is 0.0359. The van der Waals surface area contributed by atoms with Crippen molar-refractivity contribution in [3.05, 3.63) is 35.1 Å². The van der Waals surface area contributed by atoms with Gasteiger partial charge in [-0.25, -0.2) is 4.52 Å². The first kappa shape index (κ1) is 16.7. The number of pyridine rings is 1. The molecular weight excluding hydrogens is 332 g/mol. The normalized spacial score (nSPS) is 17.2. The van der Waals surface area contributed by atoms with E-state index in [0.29, 0.717) is 42.3 Å². The quantitative estimate of drug-likeness (QED) is 0.906. The third-order valence-electron chi connectivity index (χ3n) is 4.42. The van der Waals surface area contributed by atoms with E-state index in [1.165, 1.54) is 0 Å². The number of carbonyl (C=O) groups excluding carboxylic acids is 1. The molecule has 0 saturated carbocycles.